The SMILES string of the molecule is CN1CCC(CS(=O)(=O)NC(=O)Nc2c3c(cc4c2CCC4)CCC3)C1.[K]. The van der Waals surface area contributed by atoms with Gasteiger partial charge in [0, 0.05) is 63.6 Å². The third kappa shape index (κ3) is 4.97. The number of sulfonamides is 1. The number of nitrogens with one attached hydrogen (secondary N) is 2. The standard InChI is InChI=1S/C19H27N3O3S.K/c1-22-9-8-13(11-22)12-26(24,25)21-19(23)20-18-16-6-2-4-14(16)10-15-5-3-7-17(15)18;/h10,13H,2-9,11-12H2,1H3,(H2,20,21,23);. The molecule has 1 aromatic carbocycles. The Morgan fingerprint density at radius 3 is 2.33 bits per heavy atom. The molecule has 143 valence electrons. The summed E-state index contributed by atoms with van der Waals surface area (Å²) in [5, 5.41) is 2.89. The summed E-state index contributed by atoms with van der Waals surface area (Å²) in [7, 11) is -1.64. The van der Waals surface area contributed by atoms with E-state index in [1.165, 1.54) is 22.3 Å². The van der Waals surface area contributed by atoms with Crippen molar-refractivity contribution in [3.05, 3.63) is 28.3 Å². The molecular formula is C19H27KN3O3S. The van der Waals surface area contributed by atoms with E-state index in [9.17, 15) is 13.2 Å². The number of aryl methyl sites for hydroxylation is 2. The first-order chi connectivity index (χ1) is 12.4. The number of benzene rings is 1. The van der Waals surface area contributed by atoms with Crippen LogP contribution in [-0.4, -0.2) is 96.6 Å². The predicted molar refractivity (Wildman–Crippen MR) is 108 cm³/mol. The fraction of sp³-hybridized carbons (Fsp3) is 0.632. The van der Waals surface area contributed by atoms with Crippen LogP contribution in [0.25, 0.3) is 0 Å². The summed E-state index contributed by atoms with van der Waals surface area (Å²) < 4.78 is 27.0. The van der Waals surface area contributed by atoms with Crippen molar-refractivity contribution in [2.24, 2.45) is 5.92 Å². The van der Waals surface area contributed by atoms with E-state index >= 15 is 0 Å². The van der Waals surface area contributed by atoms with Gasteiger partial charge in [-0.2, -0.15) is 0 Å². The number of likely N-dealkylation sites (tertiary alicyclic amines) is 1. The fourth-order valence-electron chi connectivity index (χ4n) is 4.76. The number of carbonyl (C=O) groups is 1. The van der Waals surface area contributed by atoms with Crippen molar-refractivity contribution >= 4 is 73.1 Å². The fourth-order valence-corrected chi connectivity index (χ4v) is 6.07. The molecule has 3 aliphatic rings. The molecule has 1 unspecified atom stereocenters. The zero-order chi connectivity index (χ0) is 18.3. The van der Waals surface area contributed by atoms with Gasteiger partial charge in [-0.05, 0) is 86.7 Å². The topological polar surface area (TPSA) is 78.5 Å². The first-order valence-electron chi connectivity index (χ1n) is 9.58. The number of fused-ring (bicyclic) bond motifs is 2. The van der Waals surface area contributed by atoms with Crippen LogP contribution in [0.5, 0.6) is 0 Å². The third-order valence-corrected chi connectivity index (χ3v) is 7.31. The van der Waals surface area contributed by atoms with Crippen molar-refractivity contribution in [1.29, 1.82) is 0 Å². The van der Waals surface area contributed by atoms with Gasteiger partial charge in [-0.15, -0.1) is 0 Å². The van der Waals surface area contributed by atoms with E-state index in [2.05, 4.69) is 21.0 Å². The minimum Gasteiger partial charge on any atom is -0.307 e. The minimum atomic E-state index is -3.62. The van der Waals surface area contributed by atoms with Gasteiger partial charge < -0.3 is 10.2 Å². The van der Waals surface area contributed by atoms with E-state index in [-0.39, 0.29) is 63.1 Å². The molecule has 1 saturated heterocycles. The van der Waals surface area contributed by atoms with Crippen molar-refractivity contribution in [1.82, 2.24) is 9.62 Å². The van der Waals surface area contributed by atoms with Crippen LogP contribution in [0.1, 0.15) is 41.5 Å². The number of urea groups is 1. The molecule has 2 aliphatic carbocycles. The quantitative estimate of drug-likeness (QED) is 0.732. The Balaban J connectivity index is 0.00000210. The Hall–Kier alpha value is 0.0364. The molecule has 0 spiro atoms. The minimum absolute atomic E-state index is 0. The molecule has 1 aromatic rings. The van der Waals surface area contributed by atoms with E-state index < -0.39 is 16.1 Å². The van der Waals surface area contributed by atoms with Gasteiger partial charge in [-0.25, -0.2) is 17.9 Å². The Morgan fingerprint density at radius 1 is 1.15 bits per heavy atom. The Morgan fingerprint density at radius 2 is 1.78 bits per heavy atom. The summed E-state index contributed by atoms with van der Waals surface area (Å²) in [4.78, 5) is 14.6. The number of carbonyl (C=O) groups excluding carboxylic acids is 1. The van der Waals surface area contributed by atoms with Crippen LogP contribution in [0.2, 0.25) is 0 Å². The summed E-state index contributed by atoms with van der Waals surface area (Å²) in [5.41, 5.74) is 5.92. The van der Waals surface area contributed by atoms with Crippen LogP contribution in [0.15, 0.2) is 6.07 Å². The average Bonchev–Trinajstić information content (AvgIpc) is 3.26. The number of hydrogen-bond donors (Lipinski definition) is 2. The van der Waals surface area contributed by atoms with Gasteiger partial charge in [0.05, 0.1) is 5.75 Å². The molecule has 8 heteroatoms. The summed E-state index contributed by atoms with van der Waals surface area (Å²) in [6.45, 7) is 1.68. The Labute approximate surface area is 204 Å². The second kappa shape index (κ2) is 8.81. The molecule has 1 radical (unpaired) electrons. The smallest absolute Gasteiger partial charge is 0.307 e. The van der Waals surface area contributed by atoms with Gasteiger partial charge in [0.25, 0.3) is 0 Å². The largest absolute Gasteiger partial charge is 0.332 e. The van der Waals surface area contributed by atoms with Gasteiger partial charge in [0.1, 0.15) is 0 Å². The van der Waals surface area contributed by atoms with Crippen molar-refractivity contribution in [3.63, 3.8) is 0 Å². The summed E-state index contributed by atoms with van der Waals surface area (Å²) >= 11 is 0. The predicted octanol–water partition coefficient (Wildman–Crippen LogP) is 1.69. The number of nitrogens with zero attached hydrogens (tertiary/aromatic N) is 1. The molecule has 0 saturated carbocycles. The van der Waals surface area contributed by atoms with E-state index in [1.54, 1.807) is 0 Å². The van der Waals surface area contributed by atoms with Gasteiger partial charge >= 0.3 is 6.03 Å². The van der Waals surface area contributed by atoms with Crippen LogP contribution < -0.4 is 10.0 Å². The Bertz CT molecular complexity index is 809. The maximum atomic E-state index is 12.5. The molecule has 1 fully saturated rings. The summed E-state index contributed by atoms with van der Waals surface area (Å²) in [6.07, 6.45) is 7.07. The first-order valence-corrected chi connectivity index (χ1v) is 11.2. The molecule has 2 N–H and O–H groups in total. The molecule has 1 heterocycles. The average molecular weight is 417 g/mol. The molecule has 0 bridgehead atoms. The molecule has 4 rings (SSSR count). The molecule has 27 heavy (non-hydrogen) atoms. The molecule has 1 aliphatic heterocycles. The van der Waals surface area contributed by atoms with Crippen molar-refractivity contribution in [3.8, 4) is 0 Å². The number of hydrogen-bond acceptors (Lipinski definition) is 4. The normalized spacial score (nSPS) is 21.4. The van der Waals surface area contributed by atoms with E-state index in [4.69, 9.17) is 0 Å². The molecule has 1 atom stereocenters. The molecule has 6 nitrogen and oxygen atoms in total. The molecule has 2 amide bonds. The summed E-state index contributed by atoms with van der Waals surface area (Å²) in [5.74, 6) is 0.103. The van der Waals surface area contributed by atoms with Gasteiger partial charge in [0.15, 0.2) is 0 Å². The van der Waals surface area contributed by atoms with E-state index in [0.29, 0.717) is 0 Å². The molecule has 0 aromatic heterocycles. The van der Waals surface area contributed by atoms with Crippen molar-refractivity contribution < 1.29 is 13.2 Å². The van der Waals surface area contributed by atoms with Crippen LogP contribution in [-0.2, 0) is 35.7 Å². The number of rotatable bonds is 4. The first kappa shape index (κ1) is 21.7. The Kier molecular flexibility index (Phi) is 7.09. The van der Waals surface area contributed by atoms with Crippen LogP contribution in [0.4, 0.5) is 10.5 Å². The number of anilines is 1. The van der Waals surface area contributed by atoms with Crippen LogP contribution >= 0.6 is 0 Å². The maximum Gasteiger partial charge on any atom is 0.332 e. The van der Waals surface area contributed by atoms with Gasteiger partial charge in [0.2, 0.25) is 10.0 Å². The van der Waals surface area contributed by atoms with E-state index in [1.807, 2.05) is 7.05 Å². The van der Waals surface area contributed by atoms with Crippen LogP contribution in [0, 0.1) is 5.92 Å². The monoisotopic (exact) mass is 416 g/mol. The zero-order valence-corrected chi connectivity index (χ0v) is 20.2. The van der Waals surface area contributed by atoms with Crippen molar-refractivity contribution in [2.45, 2.75) is 44.9 Å². The maximum absolute atomic E-state index is 12.5. The van der Waals surface area contributed by atoms with Crippen LogP contribution in [0.3, 0.4) is 0 Å². The second-order valence-corrected chi connectivity index (χ2v) is 9.76. The molecular weight excluding hydrogens is 389 g/mol. The van der Waals surface area contributed by atoms with Gasteiger partial charge in [-0.3, -0.25) is 0 Å². The number of amides is 2. The van der Waals surface area contributed by atoms with Crippen molar-refractivity contribution in [2.75, 3.05) is 31.2 Å². The van der Waals surface area contributed by atoms with Gasteiger partial charge in [-0.1, -0.05) is 6.07 Å². The second-order valence-electron chi connectivity index (χ2n) is 7.99. The zero-order valence-electron chi connectivity index (χ0n) is 16.3. The summed E-state index contributed by atoms with van der Waals surface area (Å²) in [6, 6.07) is 1.67. The van der Waals surface area contributed by atoms with E-state index in [0.717, 1.165) is 63.7 Å². The third-order valence-electron chi connectivity index (χ3n) is 5.90.